The topological polar surface area (TPSA) is 82.2 Å². The minimum atomic E-state index is -0.388. The minimum absolute atomic E-state index is 0.0694. The molecule has 3 amide bonds. The number of hydrogen-bond donors (Lipinski definition) is 1. The van der Waals surface area contributed by atoms with E-state index in [1.54, 1.807) is 0 Å². The van der Waals surface area contributed by atoms with Crippen molar-refractivity contribution >= 4 is 17.7 Å². The van der Waals surface area contributed by atoms with Crippen molar-refractivity contribution < 1.29 is 19.1 Å². The fourth-order valence-corrected chi connectivity index (χ4v) is 5.29. The molecular weight excluding hydrogens is 420 g/mol. The molecule has 0 aliphatic carbocycles. The van der Waals surface area contributed by atoms with E-state index in [0.717, 1.165) is 25.8 Å². The monoisotopic (exact) mass is 464 g/mol. The molecule has 1 N–H and O–H groups in total. The average Bonchev–Trinajstić information content (AvgIpc) is 2.79. The number of ether oxygens (including phenoxy) is 1. The summed E-state index contributed by atoms with van der Waals surface area (Å²) in [5, 5.41) is 3.35. The minimum Gasteiger partial charge on any atom is -0.378 e. The van der Waals surface area contributed by atoms with E-state index in [4.69, 9.17) is 4.74 Å². The molecule has 188 valence electrons. The lowest BCUT2D eigenvalue weighted by Gasteiger charge is -2.42. The Morgan fingerprint density at radius 1 is 0.970 bits per heavy atom. The van der Waals surface area contributed by atoms with E-state index in [1.807, 2.05) is 14.7 Å². The highest BCUT2D eigenvalue weighted by Crippen LogP contribution is 2.25. The third-order valence-electron chi connectivity index (χ3n) is 7.14. The summed E-state index contributed by atoms with van der Waals surface area (Å²) >= 11 is 0. The van der Waals surface area contributed by atoms with Crippen LogP contribution in [0.1, 0.15) is 59.8 Å². The third-order valence-corrected chi connectivity index (χ3v) is 7.14. The number of nitrogens with one attached hydrogen (secondary N) is 1. The van der Waals surface area contributed by atoms with Gasteiger partial charge >= 0.3 is 0 Å². The fourth-order valence-electron chi connectivity index (χ4n) is 5.29. The van der Waals surface area contributed by atoms with Crippen LogP contribution in [0.2, 0.25) is 0 Å². The van der Waals surface area contributed by atoms with E-state index in [1.165, 1.54) is 0 Å². The summed E-state index contributed by atoms with van der Waals surface area (Å²) in [6.45, 7) is 13.7. The van der Waals surface area contributed by atoms with Gasteiger partial charge in [-0.3, -0.25) is 14.4 Å². The molecule has 3 fully saturated rings. The van der Waals surface area contributed by atoms with Gasteiger partial charge in [-0.25, -0.2) is 0 Å². The van der Waals surface area contributed by atoms with Crippen molar-refractivity contribution in [1.82, 2.24) is 20.0 Å². The van der Waals surface area contributed by atoms with Crippen molar-refractivity contribution in [3.63, 3.8) is 0 Å². The van der Waals surface area contributed by atoms with Crippen molar-refractivity contribution in [1.29, 1.82) is 0 Å². The zero-order chi connectivity index (χ0) is 24.0. The van der Waals surface area contributed by atoms with Gasteiger partial charge in [0.15, 0.2) is 0 Å². The SMILES string of the molecule is CC(C)C[C@@H]1NCCN([C@@H](CC(C)C)C(=O)N2CCC(CC(=O)N3CCOCC3)CC2)C1=O. The van der Waals surface area contributed by atoms with Gasteiger partial charge in [-0.2, -0.15) is 0 Å². The number of hydrogen-bond acceptors (Lipinski definition) is 5. The summed E-state index contributed by atoms with van der Waals surface area (Å²) in [5.41, 5.74) is 0. The van der Waals surface area contributed by atoms with E-state index < -0.39 is 0 Å². The molecule has 8 nitrogen and oxygen atoms in total. The summed E-state index contributed by atoms with van der Waals surface area (Å²) in [5.74, 6) is 1.44. The molecule has 3 rings (SSSR count). The highest BCUT2D eigenvalue weighted by molar-refractivity contribution is 5.90. The maximum absolute atomic E-state index is 13.6. The Kier molecular flexibility index (Phi) is 9.56. The summed E-state index contributed by atoms with van der Waals surface area (Å²) < 4.78 is 5.34. The molecule has 0 saturated carbocycles. The lowest BCUT2D eigenvalue weighted by atomic mass is 9.91. The second kappa shape index (κ2) is 12.2. The lowest BCUT2D eigenvalue weighted by molar-refractivity contribution is -0.150. The first kappa shape index (κ1) is 25.9. The van der Waals surface area contributed by atoms with Gasteiger partial charge in [0.25, 0.3) is 0 Å². The molecule has 8 heteroatoms. The lowest BCUT2D eigenvalue weighted by Crippen LogP contribution is -2.62. The van der Waals surface area contributed by atoms with Gasteiger partial charge in [0.1, 0.15) is 6.04 Å². The molecule has 0 aromatic rings. The first-order valence-corrected chi connectivity index (χ1v) is 12.9. The van der Waals surface area contributed by atoms with Crippen LogP contribution in [-0.4, -0.2) is 97.0 Å². The number of likely N-dealkylation sites (tertiary alicyclic amines) is 1. The molecule has 2 atom stereocenters. The Bertz CT molecular complexity index is 669. The standard InChI is InChI=1S/C25H44N4O4/c1-18(2)15-21-24(31)29(10-7-26-21)22(16-19(3)4)25(32)28-8-5-20(6-9-28)17-23(30)27-11-13-33-14-12-27/h18-22,26H,5-17H2,1-4H3/t21-,22-/m0/s1. The van der Waals surface area contributed by atoms with Crippen molar-refractivity contribution in [3.05, 3.63) is 0 Å². The Morgan fingerprint density at radius 3 is 2.24 bits per heavy atom. The molecule has 3 aliphatic heterocycles. The quantitative estimate of drug-likeness (QED) is 0.592. The largest absolute Gasteiger partial charge is 0.378 e. The number of nitrogens with zero attached hydrogens (tertiary/aromatic N) is 3. The Morgan fingerprint density at radius 2 is 1.64 bits per heavy atom. The van der Waals surface area contributed by atoms with Gasteiger partial charge < -0.3 is 24.8 Å². The number of piperidine rings is 1. The molecule has 0 bridgehead atoms. The number of morpholine rings is 1. The Labute approximate surface area is 199 Å². The van der Waals surface area contributed by atoms with Crippen LogP contribution in [0.5, 0.6) is 0 Å². The van der Waals surface area contributed by atoms with E-state index in [-0.39, 0.29) is 29.8 Å². The van der Waals surface area contributed by atoms with Crippen LogP contribution in [0.25, 0.3) is 0 Å². The normalized spacial score (nSPS) is 24.0. The highest BCUT2D eigenvalue weighted by Gasteiger charge is 2.39. The smallest absolute Gasteiger partial charge is 0.245 e. The molecular formula is C25H44N4O4. The van der Waals surface area contributed by atoms with Crippen LogP contribution < -0.4 is 5.32 Å². The van der Waals surface area contributed by atoms with E-state index in [2.05, 4.69) is 33.0 Å². The second-order valence-electron chi connectivity index (χ2n) is 10.8. The van der Waals surface area contributed by atoms with Crippen LogP contribution in [0, 0.1) is 17.8 Å². The van der Waals surface area contributed by atoms with Gasteiger partial charge in [-0.05, 0) is 43.4 Å². The van der Waals surface area contributed by atoms with Crippen LogP contribution in [-0.2, 0) is 19.1 Å². The number of carbonyl (C=O) groups excluding carboxylic acids is 3. The predicted molar refractivity (Wildman–Crippen MR) is 128 cm³/mol. The van der Waals surface area contributed by atoms with Gasteiger partial charge in [-0.1, -0.05) is 27.7 Å². The molecule has 0 unspecified atom stereocenters. The van der Waals surface area contributed by atoms with Crippen LogP contribution in [0.3, 0.4) is 0 Å². The average molecular weight is 465 g/mol. The molecule has 0 aromatic heterocycles. The molecule has 3 aliphatic rings. The fraction of sp³-hybridized carbons (Fsp3) is 0.880. The van der Waals surface area contributed by atoms with Gasteiger partial charge in [0.2, 0.25) is 17.7 Å². The molecule has 33 heavy (non-hydrogen) atoms. The summed E-state index contributed by atoms with van der Waals surface area (Å²) in [6.07, 6.45) is 3.74. The third kappa shape index (κ3) is 7.15. The number of rotatable bonds is 8. The van der Waals surface area contributed by atoms with Crippen molar-refractivity contribution in [2.24, 2.45) is 17.8 Å². The summed E-state index contributed by atoms with van der Waals surface area (Å²) in [4.78, 5) is 45.1. The van der Waals surface area contributed by atoms with E-state index >= 15 is 0 Å². The molecule has 3 heterocycles. The van der Waals surface area contributed by atoms with E-state index in [0.29, 0.717) is 76.5 Å². The maximum Gasteiger partial charge on any atom is 0.245 e. The van der Waals surface area contributed by atoms with Gasteiger partial charge in [0.05, 0.1) is 19.3 Å². The van der Waals surface area contributed by atoms with Gasteiger partial charge in [0, 0.05) is 45.7 Å². The van der Waals surface area contributed by atoms with Crippen molar-refractivity contribution in [3.8, 4) is 0 Å². The van der Waals surface area contributed by atoms with Gasteiger partial charge in [-0.15, -0.1) is 0 Å². The summed E-state index contributed by atoms with van der Waals surface area (Å²) in [7, 11) is 0. The van der Waals surface area contributed by atoms with Crippen molar-refractivity contribution in [2.45, 2.75) is 71.9 Å². The number of carbonyl (C=O) groups is 3. The molecule has 0 radical (unpaired) electrons. The van der Waals surface area contributed by atoms with E-state index in [9.17, 15) is 14.4 Å². The first-order chi connectivity index (χ1) is 15.8. The zero-order valence-electron chi connectivity index (χ0n) is 21.1. The zero-order valence-corrected chi connectivity index (χ0v) is 21.1. The summed E-state index contributed by atoms with van der Waals surface area (Å²) in [6, 6.07) is -0.584. The van der Waals surface area contributed by atoms with Crippen LogP contribution in [0.4, 0.5) is 0 Å². The Hall–Kier alpha value is -1.67. The number of amides is 3. The Balaban J connectivity index is 1.57. The van der Waals surface area contributed by atoms with Crippen molar-refractivity contribution in [2.75, 3.05) is 52.5 Å². The molecule has 0 spiro atoms. The molecule has 0 aromatic carbocycles. The predicted octanol–water partition coefficient (Wildman–Crippen LogP) is 1.74. The van der Waals surface area contributed by atoms with Crippen LogP contribution >= 0.6 is 0 Å². The number of piperazine rings is 1. The second-order valence-corrected chi connectivity index (χ2v) is 10.8. The van der Waals surface area contributed by atoms with Crippen LogP contribution in [0.15, 0.2) is 0 Å². The first-order valence-electron chi connectivity index (χ1n) is 12.9. The maximum atomic E-state index is 13.6. The molecule has 3 saturated heterocycles. The highest BCUT2D eigenvalue weighted by atomic mass is 16.5.